The van der Waals surface area contributed by atoms with Gasteiger partial charge in [-0.25, -0.2) is 8.78 Å². The third-order valence-corrected chi connectivity index (χ3v) is 5.54. The molecule has 0 aliphatic carbocycles. The van der Waals surface area contributed by atoms with E-state index < -0.39 is 29.1 Å². The molecule has 6 nitrogen and oxygen atoms in total. The summed E-state index contributed by atoms with van der Waals surface area (Å²) in [5.74, 6) is -3.58. The first-order valence-electron chi connectivity index (χ1n) is 9.43. The molecule has 0 aliphatic heterocycles. The van der Waals surface area contributed by atoms with Crippen LogP contribution in [-0.4, -0.2) is 20.8 Å². The molecule has 1 aromatic carbocycles. The summed E-state index contributed by atoms with van der Waals surface area (Å²) < 4.78 is 73.6. The number of carbonyl (C=O) groups excluding carboxylic acids is 1. The third kappa shape index (κ3) is 5.11. The van der Waals surface area contributed by atoms with E-state index in [0.29, 0.717) is 18.8 Å². The third-order valence-electron chi connectivity index (χ3n) is 4.65. The summed E-state index contributed by atoms with van der Waals surface area (Å²) in [6, 6.07) is 7.48. The van der Waals surface area contributed by atoms with E-state index in [9.17, 15) is 26.7 Å². The first-order valence-corrected chi connectivity index (χ1v) is 10.3. The zero-order valence-corrected chi connectivity index (χ0v) is 17.7. The van der Waals surface area contributed by atoms with Gasteiger partial charge >= 0.3 is 6.18 Å². The Bertz CT molecular complexity index is 1270. The van der Waals surface area contributed by atoms with Crippen molar-refractivity contribution < 1.29 is 31.3 Å². The van der Waals surface area contributed by atoms with Gasteiger partial charge in [0.2, 0.25) is 0 Å². The van der Waals surface area contributed by atoms with Crippen LogP contribution >= 0.6 is 11.3 Å². The molecule has 172 valence electrons. The van der Waals surface area contributed by atoms with Gasteiger partial charge in [0.25, 0.3) is 11.8 Å². The molecule has 0 fully saturated rings. The molecule has 0 unspecified atom stereocenters. The van der Waals surface area contributed by atoms with E-state index in [0.717, 1.165) is 21.7 Å². The van der Waals surface area contributed by atoms with Crippen LogP contribution in [-0.2, 0) is 18.6 Å². The summed E-state index contributed by atoms with van der Waals surface area (Å²) in [5.41, 5.74) is -1.92. The van der Waals surface area contributed by atoms with Crippen LogP contribution in [0, 0.1) is 0 Å². The van der Waals surface area contributed by atoms with Crippen molar-refractivity contribution in [3.05, 3.63) is 76.6 Å². The Hall–Kier alpha value is -3.54. The number of hydrogen-bond acceptors (Lipinski definition) is 5. The van der Waals surface area contributed by atoms with Gasteiger partial charge in [0.15, 0.2) is 11.5 Å². The number of aromatic nitrogens is 3. The maximum atomic E-state index is 13.5. The number of anilines is 1. The number of nitrogens with zero attached hydrogens (tertiary/aromatic N) is 3. The van der Waals surface area contributed by atoms with Crippen LogP contribution in [0.1, 0.15) is 34.1 Å². The maximum absolute atomic E-state index is 13.5. The van der Waals surface area contributed by atoms with Crippen molar-refractivity contribution in [3.8, 4) is 10.6 Å². The summed E-state index contributed by atoms with van der Waals surface area (Å²) in [7, 11) is 0. The Morgan fingerprint density at radius 1 is 1.18 bits per heavy atom. The molecule has 4 aromatic rings. The van der Waals surface area contributed by atoms with Crippen molar-refractivity contribution in [2.75, 3.05) is 5.32 Å². The van der Waals surface area contributed by atoms with Crippen LogP contribution in [0.15, 0.2) is 58.7 Å². The summed E-state index contributed by atoms with van der Waals surface area (Å²) in [6.07, 6.45) is -2.26. The molecule has 1 N–H and O–H groups in total. The fraction of sp³-hybridized carbons (Fsp3) is 0.190. The van der Waals surface area contributed by atoms with Gasteiger partial charge in [-0.05, 0) is 23.1 Å². The number of amides is 1. The highest BCUT2D eigenvalue weighted by molar-refractivity contribution is 7.13. The number of hydrogen-bond donors (Lipinski definition) is 1. The molecule has 12 heteroatoms. The Kier molecular flexibility index (Phi) is 5.78. The molecule has 0 bridgehead atoms. The lowest BCUT2D eigenvalue weighted by atomic mass is 10.0. The molecule has 0 spiro atoms. The molecule has 0 saturated heterocycles. The van der Waals surface area contributed by atoms with Gasteiger partial charge in [0, 0.05) is 24.8 Å². The molecule has 0 saturated carbocycles. The zero-order chi connectivity index (χ0) is 23.8. The van der Waals surface area contributed by atoms with Crippen molar-refractivity contribution in [3.63, 3.8) is 0 Å². The van der Waals surface area contributed by atoms with Gasteiger partial charge < -0.3 is 9.84 Å². The van der Waals surface area contributed by atoms with E-state index in [1.807, 2.05) is 11.4 Å². The van der Waals surface area contributed by atoms with Crippen LogP contribution in [0.2, 0.25) is 0 Å². The van der Waals surface area contributed by atoms with Crippen molar-refractivity contribution in [1.82, 2.24) is 14.9 Å². The molecule has 33 heavy (non-hydrogen) atoms. The van der Waals surface area contributed by atoms with Crippen molar-refractivity contribution in [1.29, 1.82) is 0 Å². The molecule has 4 rings (SSSR count). The summed E-state index contributed by atoms with van der Waals surface area (Å²) >= 11 is 1.41. The average molecular weight is 482 g/mol. The number of thiophene rings is 1. The van der Waals surface area contributed by atoms with Crippen molar-refractivity contribution in [2.45, 2.75) is 25.6 Å². The molecule has 0 atom stereocenters. The van der Waals surface area contributed by atoms with Gasteiger partial charge in [-0.2, -0.15) is 18.3 Å². The first kappa shape index (κ1) is 22.6. The number of rotatable bonds is 6. The number of carbonyl (C=O) groups is 1. The van der Waals surface area contributed by atoms with E-state index >= 15 is 0 Å². The SMILES string of the molecule is CC(F)(F)c1ccc(Cn2cc(NC(=O)c3cc(-c4cccs4)on3)cn2)c(C(F)(F)F)c1. The van der Waals surface area contributed by atoms with Gasteiger partial charge in [-0.15, -0.1) is 11.3 Å². The van der Waals surface area contributed by atoms with E-state index in [-0.39, 0.29) is 23.5 Å². The van der Waals surface area contributed by atoms with E-state index in [4.69, 9.17) is 4.52 Å². The van der Waals surface area contributed by atoms with Crippen molar-refractivity contribution >= 4 is 22.9 Å². The standard InChI is InChI=1S/C21H15F5N4O2S/c1-20(22,23)13-5-4-12(15(7-13)21(24,25)26)10-30-11-14(9-27-30)28-19(31)16-8-17(32-29-16)18-3-2-6-33-18/h2-9,11H,10H2,1H3,(H,28,31). The van der Waals surface area contributed by atoms with Crippen LogP contribution in [0.25, 0.3) is 10.6 Å². The largest absolute Gasteiger partial charge is 0.416 e. The van der Waals surface area contributed by atoms with Gasteiger partial charge in [-0.1, -0.05) is 23.4 Å². The predicted molar refractivity (Wildman–Crippen MR) is 110 cm³/mol. The number of benzene rings is 1. The maximum Gasteiger partial charge on any atom is 0.416 e. The fourth-order valence-corrected chi connectivity index (χ4v) is 3.73. The second-order valence-electron chi connectivity index (χ2n) is 7.19. The monoisotopic (exact) mass is 482 g/mol. The van der Waals surface area contributed by atoms with E-state index in [2.05, 4.69) is 15.6 Å². The predicted octanol–water partition coefficient (Wildman–Crippen LogP) is 6.03. The van der Waals surface area contributed by atoms with E-state index in [1.54, 1.807) is 6.07 Å². The summed E-state index contributed by atoms with van der Waals surface area (Å²) in [5, 5.41) is 12.0. The lowest BCUT2D eigenvalue weighted by Gasteiger charge is -2.17. The minimum Gasteiger partial charge on any atom is -0.355 e. The Morgan fingerprint density at radius 3 is 2.64 bits per heavy atom. The molecule has 0 aliphatic rings. The zero-order valence-electron chi connectivity index (χ0n) is 16.9. The van der Waals surface area contributed by atoms with Crippen molar-refractivity contribution in [2.24, 2.45) is 0 Å². The first-order chi connectivity index (χ1) is 15.5. The quantitative estimate of drug-likeness (QED) is 0.341. The second kappa shape index (κ2) is 8.43. The lowest BCUT2D eigenvalue weighted by Crippen LogP contribution is -2.15. The van der Waals surface area contributed by atoms with Gasteiger partial charge in [0.1, 0.15) is 0 Å². The van der Waals surface area contributed by atoms with Crippen LogP contribution in [0.3, 0.4) is 0 Å². The molecule has 3 aromatic heterocycles. The molecule has 1 amide bonds. The lowest BCUT2D eigenvalue weighted by molar-refractivity contribution is -0.138. The minimum absolute atomic E-state index is 0.0154. The molecule has 0 radical (unpaired) electrons. The molecular formula is C21H15F5N4O2S. The van der Waals surface area contributed by atoms with Gasteiger partial charge in [0.05, 0.1) is 28.9 Å². The van der Waals surface area contributed by atoms with Crippen LogP contribution in [0.5, 0.6) is 0 Å². The highest BCUT2D eigenvalue weighted by atomic mass is 32.1. The Balaban J connectivity index is 1.49. The van der Waals surface area contributed by atoms with Gasteiger partial charge in [-0.3, -0.25) is 9.48 Å². The average Bonchev–Trinajstić information content (AvgIpc) is 3.48. The molecular weight excluding hydrogens is 467 g/mol. The van der Waals surface area contributed by atoms with E-state index in [1.165, 1.54) is 29.8 Å². The fourth-order valence-electron chi connectivity index (χ4n) is 3.05. The Labute approximate surface area is 187 Å². The number of alkyl halides is 5. The normalized spacial score (nSPS) is 12.2. The minimum atomic E-state index is -4.83. The topological polar surface area (TPSA) is 73.0 Å². The smallest absolute Gasteiger partial charge is 0.355 e. The number of nitrogens with one attached hydrogen (secondary N) is 1. The second-order valence-corrected chi connectivity index (χ2v) is 8.14. The van der Waals surface area contributed by atoms with Crippen LogP contribution in [0.4, 0.5) is 27.6 Å². The highest BCUT2D eigenvalue weighted by Gasteiger charge is 2.36. The summed E-state index contributed by atoms with van der Waals surface area (Å²) in [6.45, 7) is 0.190. The summed E-state index contributed by atoms with van der Waals surface area (Å²) in [4.78, 5) is 13.2. The molecule has 3 heterocycles. The highest BCUT2D eigenvalue weighted by Crippen LogP contribution is 2.37. The number of halogens is 5. The Morgan fingerprint density at radius 2 is 1.97 bits per heavy atom. The van der Waals surface area contributed by atoms with Crippen LogP contribution < -0.4 is 5.32 Å².